The Morgan fingerprint density at radius 1 is 0.602 bits per heavy atom. The number of imidazole rings is 2. The van der Waals surface area contributed by atoms with Gasteiger partial charge in [0.15, 0.2) is 22.6 Å². The Bertz CT molecular complexity index is 3850. The van der Waals surface area contributed by atoms with Crippen molar-refractivity contribution in [2.75, 3.05) is 43.6 Å². The predicted octanol–water partition coefficient (Wildman–Crippen LogP) is -2.05. The maximum absolute atomic E-state index is 13.9. The predicted molar refractivity (Wildman–Crippen MR) is 271 cm³/mol. The second-order valence-electron chi connectivity index (χ2n) is 18.9. The lowest BCUT2D eigenvalue weighted by molar-refractivity contribution is -0.0633. The van der Waals surface area contributed by atoms with Crippen molar-refractivity contribution < 1.29 is 98.4 Å². The van der Waals surface area contributed by atoms with Gasteiger partial charge in [-0.15, -0.1) is 0 Å². The summed E-state index contributed by atoms with van der Waals surface area (Å²) in [4.78, 5) is 131. The lowest BCUT2D eigenvalue weighted by atomic mass is 10.2. The SMILES string of the molecule is Cc1cn(C2CC(OP(=O)(O)OCC3OC(n4ccc(N)nc4=O)CC3OP(=O)(O)OCC3OC(n4cnc5c(N)ncnc54)CC3O)C(COP(=O)(O)OC3CC(n4cnc5c(=O)[nH]c(N)nc54)OC3COP(=O)(O)O)O2)c(=O)[nH]c1=O. The second-order valence-corrected chi connectivity index (χ2v) is 24.4. The molecule has 6 aromatic rings. The summed E-state index contributed by atoms with van der Waals surface area (Å²) in [5.74, 6) is -0.392. The molecule has 14 N–H and O–H groups in total. The Hall–Kier alpha value is -5.90. The number of ether oxygens (including phenoxy) is 4. The average Bonchev–Trinajstić information content (AvgIpc) is 3.46. The molecule has 83 heavy (non-hydrogen) atoms. The first-order valence-corrected chi connectivity index (χ1v) is 30.4. The third-order valence-corrected chi connectivity index (χ3v) is 16.8. The van der Waals surface area contributed by atoms with Crippen molar-refractivity contribution in [3.8, 4) is 0 Å². The molecule has 4 saturated heterocycles. The van der Waals surface area contributed by atoms with Crippen LogP contribution in [0, 0.1) is 6.92 Å². The van der Waals surface area contributed by atoms with E-state index in [9.17, 15) is 67.0 Å². The van der Waals surface area contributed by atoms with Gasteiger partial charge in [0.25, 0.3) is 11.1 Å². The van der Waals surface area contributed by atoms with Crippen molar-refractivity contribution in [3.05, 3.63) is 84.7 Å². The molecule has 4 aliphatic heterocycles. The maximum Gasteiger partial charge on any atom is 0.472 e. The van der Waals surface area contributed by atoms with Gasteiger partial charge in [-0.2, -0.15) is 9.97 Å². The lowest BCUT2D eigenvalue weighted by Gasteiger charge is -2.25. The largest absolute Gasteiger partial charge is 0.472 e. The first-order valence-electron chi connectivity index (χ1n) is 24.4. The van der Waals surface area contributed by atoms with E-state index in [0.29, 0.717) is 0 Å². The zero-order valence-electron chi connectivity index (χ0n) is 42.5. The number of aliphatic hydroxyl groups is 1. The molecule has 0 spiro atoms. The van der Waals surface area contributed by atoms with Crippen LogP contribution < -0.4 is 39.7 Å². The number of hydrogen-bond acceptors (Lipinski definition) is 29. The molecule has 15 unspecified atom stereocenters. The van der Waals surface area contributed by atoms with Crippen LogP contribution in [-0.4, -0.2) is 163 Å². The maximum atomic E-state index is 13.9. The average molecular weight is 1250 g/mol. The van der Waals surface area contributed by atoms with Crippen LogP contribution in [0.5, 0.6) is 0 Å². The smallest absolute Gasteiger partial charge is 0.390 e. The van der Waals surface area contributed by atoms with Gasteiger partial charge >= 0.3 is 42.7 Å². The van der Waals surface area contributed by atoms with Gasteiger partial charge in [0.05, 0.1) is 45.2 Å². The van der Waals surface area contributed by atoms with E-state index >= 15 is 0 Å². The fourth-order valence-corrected chi connectivity index (χ4v) is 12.6. The minimum absolute atomic E-state index is 0.0140. The van der Waals surface area contributed by atoms with Crippen LogP contribution >= 0.6 is 31.3 Å². The molecule has 4 fully saturated rings. The van der Waals surface area contributed by atoms with Crippen molar-refractivity contribution >= 4 is 71.2 Å². The number of hydrogen-bond donors (Lipinski definition) is 11. The molecule has 0 radical (unpaired) electrons. The molecule has 0 bridgehead atoms. The first-order chi connectivity index (χ1) is 39.1. The highest BCUT2D eigenvalue weighted by molar-refractivity contribution is 7.48. The number of phosphoric acid groups is 4. The van der Waals surface area contributed by atoms with Crippen molar-refractivity contribution in [1.29, 1.82) is 0 Å². The molecule has 4 aliphatic rings. The molecule has 452 valence electrons. The number of nitrogen functional groups attached to an aromatic ring is 3. The number of aliphatic hydroxyl groups excluding tert-OH is 1. The highest BCUT2D eigenvalue weighted by atomic mass is 31.2. The normalized spacial score (nSPS) is 28.9. The lowest BCUT2D eigenvalue weighted by Crippen LogP contribution is -2.33. The van der Waals surface area contributed by atoms with Crippen molar-refractivity contribution in [2.24, 2.45) is 0 Å². The number of fused-ring (bicyclic) bond motifs is 2. The summed E-state index contributed by atoms with van der Waals surface area (Å²) < 4.78 is 118. The first kappa shape index (κ1) is 60.2. The summed E-state index contributed by atoms with van der Waals surface area (Å²) in [6.07, 6.45) is -12.5. The van der Waals surface area contributed by atoms with E-state index in [1.165, 1.54) is 41.0 Å². The van der Waals surface area contributed by atoms with Crippen molar-refractivity contribution in [1.82, 2.24) is 58.1 Å². The molecular formula is C39H51N15O25P4. The van der Waals surface area contributed by atoms with Gasteiger partial charge in [-0.05, 0) is 13.0 Å². The second kappa shape index (κ2) is 23.5. The number of aryl methyl sites for hydroxylation is 1. The number of H-pyrrole nitrogens is 2. The van der Waals surface area contributed by atoms with Crippen molar-refractivity contribution in [2.45, 2.75) is 106 Å². The monoisotopic (exact) mass is 1250 g/mol. The quantitative estimate of drug-likeness (QED) is 0.0326. The molecule has 6 aromatic heterocycles. The number of phosphoric ester groups is 4. The van der Waals surface area contributed by atoms with Crippen LogP contribution in [0.4, 0.5) is 17.6 Å². The van der Waals surface area contributed by atoms with Crippen LogP contribution in [0.2, 0.25) is 0 Å². The molecule has 0 saturated carbocycles. The van der Waals surface area contributed by atoms with Crippen LogP contribution in [0.3, 0.4) is 0 Å². The summed E-state index contributed by atoms with van der Waals surface area (Å²) in [6.45, 7) is -2.35. The fraction of sp³-hybridized carbons (Fsp3) is 0.538. The zero-order chi connectivity index (χ0) is 59.5. The van der Waals surface area contributed by atoms with E-state index in [0.717, 1.165) is 21.7 Å². The van der Waals surface area contributed by atoms with Gasteiger partial charge in [-0.1, -0.05) is 0 Å². The number of rotatable bonds is 22. The van der Waals surface area contributed by atoms with Gasteiger partial charge < -0.3 is 65.7 Å². The van der Waals surface area contributed by atoms with E-state index in [1.54, 1.807) is 0 Å². The third-order valence-electron chi connectivity index (χ3n) is 13.2. The van der Waals surface area contributed by atoms with Gasteiger partial charge in [0.2, 0.25) is 5.95 Å². The third kappa shape index (κ3) is 13.8. The highest BCUT2D eigenvalue weighted by Crippen LogP contribution is 2.54. The van der Waals surface area contributed by atoms with Crippen LogP contribution in [0.15, 0.2) is 56.6 Å². The van der Waals surface area contributed by atoms with Crippen molar-refractivity contribution in [3.63, 3.8) is 0 Å². The Morgan fingerprint density at radius 2 is 1.10 bits per heavy atom. The van der Waals surface area contributed by atoms with Crippen LogP contribution in [0.1, 0.15) is 56.2 Å². The van der Waals surface area contributed by atoms with Gasteiger partial charge in [-0.3, -0.25) is 69.5 Å². The molecule has 0 aliphatic carbocycles. The summed E-state index contributed by atoms with van der Waals surface area (Å²) in [7, 11) is -21.2. The summed E-state index contributed by atoms with van der Waals surface area (Å²) >= 11 is 0. The molecule has 40 nitrogen and oxygen atoms in total. The van der Waals surface area contributed by atoms with E-state index in [1.807, 2.05) is 0 Å². The number of aromatic amines is 2. The Labute approximate surface area is 461 Å². The van der Waals surface area contributed by atoms with Gasteiger partial charge in [0.1, 0.15) is 85.3 Å². The molecule has 10 heterocycles. The highest BCUT2D eigenvalue weighted by Gasteiger charge is 2.49. The number of aromatic nitrogens is 12. The molecular weight excluding hydrogens is 1200 g/mol. The standard InChI is InChI=1S/C39H51N15O25P4/c1-16-8-52(39(59)50-35(16)56)28-6-19(24(75-28)12-72-83(67,68)79-20-7-29(76-22(20)10-69-80(60,61)62)54-15-46-31-34(54)48-37(42)49-36(31)57)78-82(65,66)71-11-23-18(5-27(74-23)51-3-2-25(40)47-38(51)58)77-81(63,64)70-9-21-17(55)4-26(73-21)53-14-45-30-32(41)43-13-44-33(30)53/h2-3,8,13-15,17-24,26-29,55H,4-7,9-12H2,1H3,(H,63,64)(H,65,66)(H,67,68)(H2,40,47,58)(H2,41,43,44)(H,50,56,59)(H2,60,61,62)(H3,42,48,49,57). The van der Waals surface area contributed by atoms with Gasteiger partial charge in [-0.25, -0.2) is 47.8 Å². The summed E-state index contributed by atoms with van der Waals surface area (Å²) in [5.41, 5.74) is 14.1. The summed E-state index contributed by atoms with van der Waals surface area (Å²) in [5, 5.41) is 10.9. The topological polar surface area (TPSA) is 566 Å². The van der Waals surface area contributed by atoms with E-state index < -0.39 is 173 Å². The molecule has 0 amide bonds. The van der Waals surface area contributed by atoms with E-state index in [-0.39, 0.29) is 51.9 Å². The molecule has 44 heteroatoms. The number of anilines is 3. The van der Waals surface area contributed by atoms with E-state index in [4.69, 9.17) is 63.3 Å². The molecule has 10 rings (SSSR count). The minimum atomic E-state index is -5.46. The molecule has 0 aromatic carbocycles. The number of nitrogens with zero attached hydrogens (tertiary/aromatic N) is 10. The van der Waals surface area contributed by atoms with Gasteiger partial charge in [0, 0.05) is 43.6 Å². The van der Waals surface area contributed by atoms with Crippen LogP contribution in [0.25, 0.3) is 22.3 Å². The van der Waals surface area contributed by atoms with Crippen LogP contribution in [-0.2, 0) is 68.9 Å². The molecule has 15 atom stereocenters. The Kier molecular flexibility index (Phi) is 17.1. The fourth-order valence-electron chi connectivity index (χ4n) is 9.39. The number of nitrogens with two attached hydrogens (primary N) is 3. The minimum Gasteiger partial charge on any atom is -0.390 e. The Morgan fingerprint density at radius 3 is 1.66 bits per heavy atom. The number of nitrogens with one attached hydrogen (secondary N) is 2. The zero-order valence-corrected chi connectivity index (χ0v) is 46.1. The Balaban J connectivity index is 0.828. The van der Waals surface area contributed by atoms with E-state index in [2.05, 4.69) is 44.4 Å². The summed E-state index contributed by atoms with van der Waals surface area (Å²) in [6, 6.07) is 1.24.